The molecule has 1 N–H and O–H groups in total. The molecule has 1 amide bonds. The van der Waals surface area contributed by atoms with Crippen LogP contribution in [-0.2, 0) is 15.1 Å². The first-order valence-electron chi connectivity index (χ1n) is 6.40. The van der Waals surface area contributed by atoms with Crippen LogP contribution < -0.4 is 10.1 Å². The van der Waals surface area contributed by atoms with Crippen molar-refractivity contribution in [2.75, 3.05) is 11.9 Å². The summed E-state index contributed by atoms with van der Waals surface area (Å²) in [5.74, 6) is 0.479. The summed E-state index contributed by atoms with van der Waals surface area (Å²) in [5.41, 5.74) is 1.00. The van der Waals surface area contributed by atoms with Gasteiger partial charge in [-0.2, -0.15) is 4.99 Å². The van der Waals surface area contributed by atoms with Crippen molar-refractivity contribution < 1.29 is 14.3 Å². The van der Waals surface area contributed by atoms with Gasteiger partial charge in [0.25, 0.3) is 5.91 Å². The SMILES string of the molecule is O=C=NC1(c2cccc3c2OCC(=O)N3)CCCC1. The highest BCUT2D eigenvalue weighted by atomic mass is 16.5. The molecular formula is C14H14N2O3. The Bertz CT molecular complexity index is 570. The quantitative estimate of drug-likeness (QED) is 0.652. The maximum atomic E-state index is 11.3. The smallest absolute Gasteiger partial charge is 0.262 e. The number of benzene rings is 1. The molecule has 0 atom stereocenters. The van der Waals surface area contributed by atoms with Crippen molar-refractivity contribution in [3.63, 3.8) is 0 Å². The van der Waals surface area contributed by atoms with Crippen molar-refractivity contribution in [3.8, 4) is 5.75 Å². The summed E-state index contributed by atoms with van der Waals surface area (Å²) < 4.78 is 5.55. The summed E-state index contributed by atoms with van der Waals surface area (Å²) in [4.78, 5) is 26.2. The van der Waals surface area contributed by atoms with Crippen LogP contribution in [0.4, 0.5) is 5.69 Å². The van der Waals surface area contributed by atoms with Crippen LogP contribution in [-0.4, -0.2) is 18.6 Å². The number of anilines is 1. The van der Waals surface area contributed by atoms with Gasteiger partial charge in [0.1, 0.15) is 11.3 Å². The van der Waals surface area contributed by atoms with Gasteiger partial charge in [0.2, 0.25) is 6.08 Å². The lowest BCUT2D eigenvalue weighted by molar-refractivity contribution is -0.118. The largest absolute Gasteiger partial charge is 0.481 e. The molecule has 3 rings (SSSR count). The summed E-state index contributed by atoms with van der Waals surface area (Å²) in [7, 11) is 0. The minimum absolute atomic E-state index is 0.00486. The van der Waals surface area contributed by atoms with Gasteiger partial charge in [0.05, 0.1) is 5.69 Å². The zero-order valence-electron chi connectivity index (χ0n) is 10.4. The fourth-order valence-electron chi connectivity index (χ4n) is 2.97. The molecule has 0 saturated heterocycles. The number of carbonyl (C=O) groups is 1. The van der Waals surface area contributed by atoms with E-state index in [1.165, 1.54) is 0 Å². The number of ether oxygens (including phenoxy) is 1. The maximum absolute atomic E-state index is 11.3. The molecule has 1 aliphatic carbocycles. The van der Waals surface area contributed by atoms with Gasteiger partial charge in [-0.15, -0.1) is 0 Å². The van der Waals surface area contributed by atoms with Gasteiger partial charge in [-0.05, 0) is 18.9 Å². The molecule has 0 aromatic heterocycles. The molecule has 0 radical (unpaired) electrons. The molecule has 0 spiro atoms. The fraction of sp³-hybridized carbons (Fsp3) is 0.429. The number of carbonyl (C=O) groups excluding carboxylic acids is 2. The lowest BCUT2D eigenvalue weighted by Crippen LogP contribution is -2.28. The minimum atomic E-state index is -0.533. The van der Waals surface area contributed by atoms with Crippen LogP contribution in [0.5, 0.6) is 5.75 Å². The highest BCUT2D eigenvalue weighted by Crippen LogP contribution is 2.48. The summed E-state index contributed by atoms with van der Waals surface area (Å²) in [5, 5.41) is 2.78. The Balaban J connectivity index is 2.12. The number of hydrogen-bond donors (Lipinski definition) is 1. The topological polar surface area (TPSA) is 67.8 Å². The number of isocyanates is 1. The van der Waals surface area contributed by atoms with E-state index < -0.39 is 5.54 Å². The summed E-state index contributed by atoms with van der Waals surface area (Å²) >= 11 is 0. The molecule has 0 unspecified atom stereocenters. The first-order chi connectivity index (χ1) is 9.25. The molecule has 5 heteroatoms. The molecule has 1 aromatic carbocycles. The van der Waals surface area contributed by atoms with E-state index in [1.807, 2.05) is 12.1 Å². The third-order valence-electron chi connectivity index (χ3n) is 3.83. The number of aliphatic imine (C=N–C) groups is 1. The van der Waals surface area contributed by atoms with E-state index in [-0.39, 0.29) is 12.5 Å². The molecule has 2 aliphatic rings. The predicted octanol–water partition coefficient (Wildman–Crippen LogP) is 2.12. The van der Waals surface area contributed by atoms with Crippen LogP contribution in [0.25, 0.3) is 0 Å². The van der Waals surface area contributed by atoms with Crippen molar-refractivity contribution in [2.45, 2.75) is 31.2 Å². The number of rotatable bonds is 2. The highest BCUT2D eigenvalue weighted by Gasteiger charge is 2.39. The normalized spacial score (nSPS) is 19.9. The van der Waals surface area contributed by atoms with Crippen molar-refractivity contribution >= 4 is 17.7 Å². The number of fused-ring (bicyclic) bond motifs is 1. The van der Waals surface area contributed by atoms with E-state index in [1.54, 1.807) is 12.1 Å². The van der Waals surface area contributed by atoms with Crippen LogP contribution in [0.1, 0.15) is 31.2 Å². The van der Waals surface area contributed by atoms with E-state index in [2.05, 4.69) is 10.3 Å². The molecule has 5 nitrogen and oxygen atoms in total. The van der Waals surface area contributed by atoms with Gasteiger partial charge >= 0.3 is 0 Å². The number of amides is 1. The average molecular weight is 258 g/mol. The predicted molar refractivity (Wildman–Crippen MR) is 68.8 cm³/mol. The van der Waals surface area contributed by atoms with E-state index in [0.29, 0.717) is 11.4 Å². The molecule has 1 saturated carbocycles. The van der Waals surface area contributed by atoms with Crippen LogP contribution in [0.2, 0.25) is 0 Å². The van der Waals surface area contributed by atoms with E-state index in [9.17, 15) is 9.59 Å². The second kappa shape index (κ2) is 4.52. The second-order valence-corrected chi connectivity index (χ2v) is 4.96. The molecule has 1 aliphatic heterocycles. The number of hydrogen-bond acceptors (Lipinski definition) is 4. The Labute approximate surface area is 110 Å². The molecule has 1 heterocycles. The molecule has 19 heavy (non-hydrogen) atoms. The van der Waals surface area contributed by atoms with Gasteiger partial charge in [0, 0.05) is 5.56 Å². The Morgan fingerprint density at radius 3 is 2.84 bits per heavy atom. The lowest BCUT2D eigenvalue weighted by atomic mass is 9.87. The third-order valence-corrected chi connectivity index (χ3v) is 3.83. The minimum Gasteiger partial charge on any atom is -0.481 e. The molecular weight excluding hydrogens is 244 g/mol. The monoisotopic (exact) mass is 258 g/mol. The zero-order valence-corrected chi connectivity index (χ0v) is 10.4. The van der Waals surface area contributed by atoms with Crippen molar-refractivity contribution in [3.05, 3.63) is 23.8 Å². The van der Waals surface area contributed by atoms with Gasteiger partial charge in [-0.3, -0.25) is 4.79 Å². The van der Waals surface area contributed by atoms with Crippen LogP contribution >= 0.6 is 0 Å². The number of nitrogens with one attached hydrogen (secondary N) is 1. The zero-order chi connectivity index (χ0) is 13.3. The molecule has 98 valence electrons. The van der Waals surface area contributed by atoms with E-state index >= 15 is 0 Å². The molecule has 0 bridgehead atoms. The van der Waals surface area contributed by atoms with Crippen LogP contribution in [0.15, 0.2) is 23.2 Å². The fourth-order valence-corrected chi connectivity index (χ4v) is 2.97. The average Bonchev–Trinajstić information content (AvgIpc) is 2.88. The first kappa shape index (κ1) is 11.9. The summed E-state index contributed by atoms with van der Waals surface area (Å²) in [6.07, 6.45) is 5.39. The maximum Gasteiger partial charge on any atom is 0.262 e. The second-order valence-electron chi connectivity index (χ2n) is 4.96. The van der Waals surface area contributed by atoms with Crippen LogP contribution in [0, 0.1) is 0 Å². The first-order valence-corrected chi connectivity index (χ1v) is 6.40. The molecule has 1 aromatic rings. The standard InChI is InChI=1S/C14H14N2O3/c17-9-15-14(6-1-2-7-14)10-4-3-5-11-13(10)19-8-12(18)16-11/h3-5H,1-2,6-8H2,(H,16,18). The van der Waals surface area contributed by atoms with Crippen LogP contribution in [0.3, 0.4) is 0 Å². The van der Waals surface area contributed by atoms with Crippen molar-refractivity contribution in [1.29, 1.82) is 0 Å². The third kappa shape index (κ3) is 1.92. The summed E-state index contributed by atoms with van der Waals surface area (Å²) in [6.45, 7) is 0.00486. The lowest BCUT2D eigenvalue weighted by Gasteiger charge is -2.28. The Hall–Kier alpha value is -2.13. The highest BCUT2D eigenvalue weighted by molar-refractivity contribution is 5.95. The summed E-state index contributed by atoms with van der Waals surface area (Å²) in [6, 6.07) is 5.56. The van der Waals surface area contributed by atoms with Crippen molar-refractivity contribution in [2.24, 2.45) is 4.99 Å². The van der Waals surface area contributed by atoms with Gasteiger partial charge < -0.3 is 10.1 Å². The Kier molecular flexibility index (Phi) is 2.84. The Morgan fingerprint density at radius 1 is 1.32 bits per heavy atom. The number of para-hydroxylation sites is 1. The van der Waals surface area contributed by atoms with Gasteiger partial charge in [-0.25, -0.2) is 4.79 Å². The Morgan fingerprint density at radius 2 is 2.11 bits per heavy atom. The van der Waals surface area contributed by atoms with E-state index in [4.69, 9.17) is 4.74 Å². The molecule has 1 fully saturated rings. The van der Waals surface area contributed by atoms with Gasteiger partial charge in [0.15, 0.2) is 6.61 Å². The number of nitrogens with zero attached hydrogens (tertiary/aromatic N) is 1. The van der Waals surface area contributed by atoms with Crippen molar-refractivity contribution in [1.82, 2.24) is 0 Å². The van der Waals surface area contributed by atoms with E-state index in [0.717, 1.165) is 31.2 Å². The van der Waals surface area contributed by atoms with Gasteiger partial charge in [-0.1, -0.05) is 25.0 Å².